The van der Waals surface area contributed by atoms with E-state index in [0.29, 0.717) is 19.0 Å². The van der Waals surface area contributed by atoms with E-state index in [-0.39, 0.29) is 0 Å². The Morgan fingerprint density at radius 2 is 2.45 bits per heavy atom. The summed E-state index contributed by atoms with van der Waals surface area (Å²) in [7, 11) is 0. The Kier molecular flexibility index (Phi) is 6.70. The maximum Gasteiger partial charge on any atom is 0.191 e. The molecule has 1 unspecified atom stereocenters. The van der Waals surface area contributed by atoms with Crippen LogP contribution >= 0.6 is 11.3 Å². The van der Waals surface area contributed by atoms with Gasteiger partial charge in [-0.15, -0.1) is 17.9 Å². The topological polar surface area (TPSA) is 62.5 Å². The summed E-state index contributed by atoms with van der Waals surface area (Å²) >= 11 is 1.67. The Morgan fingerprint density at radius 1 is 1.55 bits per heavy atom. The fourth-order valence-corrected chi connectivity index (χ4v) is 2.58. The molecule has 0 radical (unpaired) electrons. The highest BCUT2D eigenvalue weighted by atomic mass is 32.1. The molecule has 6 heteroatoms. The highest BCUT2D eigenvalue weighted by molar-refractivity contribution is 7.09. The summed E-state index contributed by atoms with van der Waals surface area (Å²) in [5.41, 5.74) is 0. The Morgan fingerprint density at radius 3 is 3.14 bits per heavy atom. The lowest BCUT2D eigenvalue weighted by Gasteiger charge is -2.12. The van der Waals surface area contributed by atoms with E-state index < -0.39 is 0 Å². The molecule has 0 aliphatic heterocycles. The van der Waals surface area contributed by atoms with Crippen LogP contribution in [-0.2, 0) is 6.42 Å². The maximum atomic E-state index is 5.32. The first-order chi connectivity index (χ1) is 10.8. The molecule has 0 bridgehead atoms. The van der Waals surface area contributed by atoms with Crippen molar-refractivity contribution in [3.63, 3.8) is 0 Å². The van der Waals surface area contributed by atoms with Gasteiger partial charge in [-0.1, -0.05) is 13.0 Å². The lowest BCUT2D eigenvalue weighted by molar-refractivity contribution is 0.507. The van der Waals surface area contributed by atoms with Crippen LogP contribution in [0.4, 0.5) is 0 Å². The quantitative estimate of drug-likeness (QED) is 0.446. The van der Waals surface area contributed by atoms with Gasteiger partial charge in [-0.25, -0.2) is 4.98 Å². The van der Waals surface area contributed by atoms with Crippen molar-refractivity contribution in [2.24, 2.45) is 4.99 Å². The number of nitrogens with zero attached hydrogens (tertiary/aromatic N) is 2. The lowest BCUT2D eigenvalue weighted by atomic mass is 10.2. The number of guanidine groups is 1. The van der Waals surface area contributed by atoms with Crippen LogP contribution in [0.3, 0.4) is 0 Å². The van der Waals surface area contributed by atoms with Gasteiger partial charge in [0.2, 0.25) is 0 Å². The van der Waals surface area contributed by atoms with Crippen molar-refractivity contribution < 1.29 is 4.42 Å². The highest BCUT2D eigenvalue weighted by Crippen LogP contribution is 2.17. The van der Waals surface area contributed by atoms with Gasteiger partial charge in [-0.05, 0) is 12.1 Å². The fourth-order valence-electron chi connectivity index (χ4n) is 1.89. The summed E-state index contributed by atoms with van der Waals surface area (Å²) in [5.74, 6) is 2.06. The minimum absolute atomic E-state index is 0.312. The maximum absolute atomic E-state index is 5.32. The third kappa shape index (κ3) is 5.37. The fraction of sp³-hybridized carbons (Fsp3) is 0.375. The number of aliphatic imine (C=N–C) groups is 1. The second kappa shape index (κ2) is 9.04. The average Bonchev–Trinajstić information content (AvgIpc) is 3.22. The Labute approximate surface area is 135 Å². The molecule has 0 amide bonds. The van der Waals surface area contributed by atoms with E-state index in [0.717, 1.165) is 29.7 Å². The molecule has 0 saturated heterocycles. The van der Waals surface area contributed by atoms with E-state index >= 15 is 0 Å². The summed E-state index contributed by atoms with van der Waals surface area (Å²) in [6, 6.07) is 3.87. The number of hydrogen-bond donors (Lipinski definition) is 2. The molecule has 2 rings (SSSR count). The Bertz CT molecular complexity index is 563. The number of aromatic nitrogens is 1. The number of hydrogen-bond acceptors (Lipinski definition) is 4. The van der Waals surface area contributed by atoms with E-state index in [2.05, 4.69) is 34.1 Å². The molecule has 5 nitrogen and oxygen atoms in total. The zero-order valence-electron chi connectivity index (χ0n) is 12.8. The molecule has 0 aliphatic carbocycles. The van der Waals surface area contributed by atoms with Gasteiger partial charge in [0.05, 0.1) is 17.8 Å². The van der Waals surface area contributed by atoms with E-state index in [1.54, 1.807) is 17.6 Å². The number of rotatable bonds is 8. The van der Waals surface area contributed by atoms with Crippen LogP contribution in [0.15, 0.2) is 52.0 Å². The number of thiazole rings is 1. The minimum Gasteiger partial charge on any atom is -0.469 e. The van der Waals surface area contributed by atoms with E-state index in [9.17, 15) is 0 Å². The SMILES string of the molecule is C=CCNC(=NCC(C)c1nccs1)NCCc1ccco1. The summed E-state index contributed by atoms with van der Waals surface area (Å²) in [6.07, 6.45) is 6.16. The van der Waals surface area contributed by atoms with Crippen LogP contribution in [0.2, 0.25) is 0 Å². The zero-order chi connectivity index (χ0) is 15.6. The van der Waals surface area contributed by atoms with Crippen molar-refractivity contribution >= 4 is 17.3 Å². The second-order valence-corrected chi connectivity index (χ2v) is 5.81. The van der Waals surface area contributed by atoms with Gasteiger partial charge >= 0.3 is 0 Å². The van der Waals surface area contributed by atoms with Gasteiger partial charge in [-0.2, -0.15) is 0 Å². The molecule has 118 valence electrons. The molecule has 0 aliphatic rings. The lowest BCUT2D eigenvalue weighted by Crippen LogP contribution is -2.38. The molecule has 2 N–H and O–H groups in total. The van der Waals surface area contributed by atoms with Crippen LogP contribution in [0.1, 0.15) is 23.6 Å². The molecule has 2 aromatic heterocycles. The smallest absolute Gasteiger partial charge is 0.191 e. The average molecular weight is 318 g/mol. The van der Waals surface area contributed by atoms with E-state index in [4.69, 9.17) is 4.42 Å². The summed E-state index contributed by atoms with van der Waals surface area (Å²) in [4.78, 5) is 8.95. The van der Waals surface area contributed by atoms with E-state index in [1.807, 2.05) is 29.8 Å². The van der Waals surface area contributed by atoms with Crippen molar-refractivity contribution in [1.29, 1.82) is 0 Å². The van der Waals surface area contributed by atoms with Crippen LogP contribution in [0.25, 0.3) is 0 Å². The van der Waals surface area contributed by atoms with Crippen LogP contribution in [0.5, 0.6) is 0 Å². The third-order valence-electron chi connectivity index (χ3n) is 3.05. The van der Waals surface area contributed by atoms with Crippen molar-refractivity contribution in [2.45, 2.75) is 19.3 Å². The minimum atomic E-state index is 0.312. The summed E-state index contributed by atoms with van der Waals surface area (Å²) < 4.78 is 5.32. The van der Waals surface area contributed by atoms with Gasteiger partial charge in [0.1, 0.15) is 5.76 Å². The third-order valence-corrected chi connectivity index (χ3v) is 4.06. The highest BCUT2D eigenvalue weighted by Gasteiger charge is 2.08. The largest absolute Gasteiger partial charge is 0.469 e. The predicted octanol–water partition coefficient (Wildman–Crippen LogP) is 2.80. The molecule has 0 saturated carbocycles. The first-order valence-corrected chi connectivity index (χ1v) is 8.22. The van der Waals surface area contributed by atoms with Gasteiger partial charge < -0.3 is 15.1 Å². The first kappa shape index (κ1) is 16.3. The normalized spacial score (nSPS) is 12.9. The van der Waals surface area contributed by atoms with Crippen molar-refractivity contribution in [3.8, 4) is 0 Å². The molecular weight excluding hydrogens is 296 g/mol. The van der Waals surface area contributed by atoms with Gasteiger partial charge in [0.25, 0.3) is 0 Å². The molecule has 0 fully saturated rings. The molecule has 22 heavy (non-hydrogen) atoms. The summed E-state index contributed by atoms with van der Waals surface area (Å²) in [6.45, 7) is 8.00. The standard InChI is InChI=1S/C16H22N4OS/c1-3-7-18-16(19-8-6-14-5-4-10-21-14)20-12-13(2)15-17-9-11-22-15/h3-5,9-11,13H,1,6-8,12H2,2H3,(H2,18,19,20). The van der Waals surface area contributed by atoms with E-state index in [1.165, 1.54) is 0 Å². The van der Waals surface area contributed by atoms with Crippen LogP contribution < -0.4 is 10.6 Å². The Hall–Kier alpha value is -2.08. The predicted molar refractivity (Wildman–Crippen MR) is 91.4 cm³/mol. The van der Waals surface area contributed by atoms with Gasteiger partial charge in [0, 0.05) is 37.0 Å². The van der Waals surface area contributed by atoms with Crippen LogP contribution in [-0.4, -0.2) is 30.6 Å². The van der Waals surface area contributed by atoms with Crippen molar-refractivity contribution in [3.05, 3.63) is 53.4 Å². The van der Waals surface area contributed by atoms with Crippen LogP contribution in [0, 0.1) is 0 Å². The second-order valence-electron chi connectivity index (χ2n) is 4.89. The molecule has 0 spiro atoms. The summed E-state index contributed by atoms with van der Waals surface area (Å²) in [5, 5.41) is 9.64. The number of furan rings is 1. The molecule has 0 aromatic carbocycles. The zero-order valence-corrected chi connectivity index (χ0v) is 13.6. The van der Waals surface area contributed by atoms with Gasteiger partial charge in [0.15, 0.2) is 5.96 Å². The Balaban J connectivity index is 1.84. The molecule has 2 heterocycles. The molecular formula is C16H22N4OS. The number of nitrogens with one attached hydrogen (secondary N) is 2. The monoisotopic (exact) mass is 318 g/mol. The molecule has 1 atom stereocenters. The van der Waals surface area contributed by atoms with Gasteiger partial charge in [-0.3, -0.25) is 4.99 Å². The first-order valence-electron chi connectivity index (χ1n) is 7.34. The van der Waals surface area contributed by atoms with Crippen molar-refractivity contribution in [1.82, 2.24) is 15.6 Å². The van der Waals surface area contributed by atoms with Crippen molar-refractivity contribution in [2.75, 3.05) is 19.6 Å². The molecule has 2 aromatic rings.